The molecule has 0 aromatic carbocycles. The van der Waals surface area contributed by atoms with Crippen LogP contribution in [-0.2, 0) is 4.79 Å². The third-order valence-electron chi connectivity index (χ3n) is 10.7. The first kappa shape index (κ1) is 43.2. The minimum absolute atomic E-state index is 0.0396. The molecule has 0 unspecified atom stereocenters. The minimum atomic E-state index is -1.81. The van der Waals surface area contributed by atoms with E-state index < -0.39 is 27.0 Å². The van der Waals surface area contributed by atoms with E-state index in [9.17, 15) is 0 Å². The Hall–Kier alpha value is -0.776. The predicted octanol–water partition coefficient (Wildman–Crippen LogP) is 14.0. The van der Waals surface area contributed by atoms with Crippen molar-refractivity contribution >= 4 is 21.9 Å². The van der Waals surface area contributed by atoms with Crippen LogP contribution in [0.1, 0.15) is 186 Å². The lowest BCUT2D eigenvalue weighted by Crippen LogP contribution is -2.41. The lowest BCUT2D eigenvalue weighted by atomic mass is 9.67. The average molecular weight is 669 g/mol. The maximum absolute atomic E-state index is 15.4. The Morgan fingerprint density at radius 3 is 0.935 bits per heavy atom. The largest absolute Gasteiger partial charge is 0.296 e. The summed E-state index contributed by atoms with van der Waals surface area (Å²) in [6, 6.07) is 7.85. The van der Waals surface area contributed by atoms with Crippen LogP contribution in [0.2, 0.25) is 36.3 Å². The molecule has 0 radical (unpaired) electrons. The summed E-state index contributed by atoms with van der Waals surface area (Å²) in [5.41, 5.74) is 7.29. The second-order valence-corrected chi connectivity index (χ2v) is 26.8. The summed E-state index contributed by atoms with van der Waals surface area (Å²) in [6.45, 7) is 27.9. The van der Waals surface area contributed by atoms with E-state index in [4.69, 9.17) is 0 Å². The monoisotopic (exact) mass is 669 g/mol. The van der Waals surface area contributed by atoms with E-state index in [-0.39, 0.29) is 10.8 Å². The molecule has 3 heteroatoms. The zero-order valence-electron chi connectivity index (χ0n) is 33.5. The van der Waals surface area contributed by atoms with E-state index in [0.717, 1.165) is 25.7 Å². The maximum Gasteiger partial charge on any atom is 0.168 e. The van der Waals surface area contributed by atoms with Crippen molar-refractivity contribution in [1.29, 1.82) is 0 Å². The van der Waals surface area contributed by atoms with Crippen molar-refractivity contribution in [1.82, 2.24) is 0 Å². The average Bonchev–Trinajstić information content (AvgIpc) is 3.24. The van der Waals surface area contributed by atoms with Crippen LogP contribution >= 0.6 is 0 Å². The van der Waals surface area contributed by atoms with Crippen LogP contribution in [0.3, 0.4) is 0 Å². The van der Waals surface area contributed by atoms with E-state index in [1.165, 1.54) is 113 Å². The van der Waals surface area contributed by atoms with Gasteiger partial charge in [0.05, 0.1) is 10.8 Å². The Morgan fingerprint density at radius 2 is 0.739 bits per heavy atom. The Morgan fingerprint density at radius 1 is 0.500 bits per heavy atom. The van der Waals surface area contributed by atoms with Crippen LogP contribution < -0.4 is 0 Å². The van der Waals surface area contributed by atoms with Gasteiger partial charge < -0.3 is 0 Å². The molecule has 0 saturated heterocycles. The van der Waals surface area contributed by atoms with E-state index in [1.807, 2.05) is 0 Å². The first-order valence-electron chi connectivity index (χ1n) is 20.2. The number of hydrogen-bond donors (Lipinski definition) is 0. The second-order valence-electron chi connectivity index (χ2n) is 18.2. The van der Waals surface area contributed by atoms with Crippen molar-refractivity contribution in [2.75, 3.05) is 0 Å². The van der Waals surface area contributed by atoms with Gasteiger partial charge in [-0.3, -0.25) is 4.79 Å². The highest BCUT2D eigenvalue weighted by Gasteiger charge is 2.57. The third-order valence-corrected chi connectivity index (χ3v) is 19.9. The predicted molar refractivity (Wildman–Crippen MR) is 213 cm³/mol. The van der Waals surface area contributed by atoms with Crippen molar-refractivity contribution < 1.29 is 4.79 Å². The third kappa shape index (κ3) is 14.0. The van der Waals surface area contributed by atoms with Gasteiger partial charge in [-0.1, -0.05) is 172 Å². The van der Waals surface area contributed by atoms with E-state index in [2.05, 4.69) is 106 Å². The quantitative estimate of drug-likeness (QED) is 0.0932. The van der Waals surface area contributed by atoms with Crippen LogP contribution in [-0.4, -0.2) is 21.9 Å². The number of Topliss-reactive ketones (excluding diaryl/α,β-unsaturated/α-hetero) is 1. The molecule has 1 saturated carbocycles. The van der Waals surface area contributed by atoms with Crippen LogP contribution in [0.25, 0.3) is 0 Å². The van der Waals surface area contributed by atoms with Crippen LogP contribution in [0.4, 0.5) is 0 Å². The van der Waals surface area contributed by atoms with Crippen LogP contribution in [0, 0.1) is 44.6 Å². The summed E-state index contributed by atoms with van der Waals surface area (Å²) >= 11 is 0. The van der Waals surface area contributed by atoms with Gasteiger partial charge in [0, 0.05) is 0 Å². The molecule has 0 aromatic heterocycles. The topological polar surface area (TPSA) is 17.1 Å². The molecule has 0 heterocycles. The Kier molecular flexibility index (Phi) is 18.8. The molecule has 266 valence electrons. The molecular formula is C43H80OSi2. The zero-order chi connectivity index (χ0) is 35.0. The van der Waals surface area contributed by atoms with Crippen LogP contribution in [0.15, 0.2) is 0 Å². The summed E-state index contributed by atoms with van der Waals surface area (Å²) in [6.07, 6.45) is 18.7. The highest BCUT2D eigenvalue weighted by molar-refractivity contribution is 6.87. The van der Waals surface area contributed by atoms with E-state index >= 15 is 4.79 Å². The Labute approximate surface area is 292 Å². The molecule has 2 atom stereocenters. The number of unbranched alkanes of at least 4 members (excludes halogenated alkanes) is 6. The van der Waals surface area contributed by atoms with Gasteiger partial charge in [-0.2, -0.15) is 0 Å². The molecule has 1 nitrogen and oxygen atoms in total. The molecule has 0 N–H and O–H groups in total. The smallest absolute Gasteiger partial charge is 0.168 e. The van der Waals surface area contributed by atoms with Crippen molar-refractivity contribution in [3.63, 3.8) is 0 Å². The van der Waals surface area contributed by atoms with E-state index in [1.54, 1.807) is 0 Å². The van der Waals surface area contributed by atoms with Gasteiger partial charge in [0.2, 0.25) is 0 Å². The van der Waals surface area contributed by atoms with Gasteiger partial charge in [-0.05, 0) is 72.8 Å². The molecule has 1 fully saturated rings. The molecule has 0 spiro atoms. The highest BCUT2D eigenvalue weighted by Crippen LogP contribution is 2.55. The summed E-state index contributed by atoms with van der Waals surface area (Å²) in [4.78, 5) is 15.4. The fourth-order valence-electron chi connectivity index (χ4n) is 8.31. The van der Waals surface area contributed by atoms with Gasteiger partial charge in [-0.25, -0.2) is 0 Å². The van der Waals surface area contributed by atoms with Crippen molar-refractivity contribution in [3.8, 4) is 22.9 Å². The number of ketones is 1. The lowest BCUT2D eigenvalue weighted by Gasteiger charge is -2.35. The summed E-state index contributed by atoms with van der Waals surface area (Å²) in [5, 5.41) is 0. The van der Waals surface area contributed by atoms with Gasteiger partial charge in [0.25, 0.3) is 0 Å². The van der Waals surface area contributed by atoms with Crippen molar-refractivity contribution in [2.45, 2.75) is 222 Å². The Balaban J connectivity index is 3.96. The SMILES string of the molecule is CCCC[Si](C#C[C@@]1(CC(C)(C)C)CC[C@](C#C[Si](CCCC)(CCCC)CCCC)(CC(C)(C)C)C1=O)(CCCC)CCCC. The molecule has 0 bridgehead atoms. The maximum atomic E-state index is 15.4. The van der Waals surface area contributed by atoms with Crippen molar-refractivity contribution in [2.24, 2.45) is 21.7 Å². The number of rotatable bonds is 20. The lowest BCUT2D eigenvalue weighted by molar-refractivity contribution is -0.131. The van der Waals surface area contributed by atoms with E-state index in [0.29, 0.717) is 5.78 Å². The minimum Gasteiger partial charge on any atom is -0.296 e. The van der Waals surface area contributed by atoms with Gasteiger partial charge in [0.1, 0.15) is 16.1 Å². The molecule has 46 heavy (non-hydrogen) atoms. The molecule has 0 aliphatic heterocycles. The van der Waals surface area contributed by atoms with Crippen molar-refractivity contribution in [3.05, 3.63) is 0 Å². The van der Waals surface area contributed by atoms with Crippen LogP contribution in [0.5, 0.6) is 0 Å². The molecular weight excluding hydrogens is 589 g/mol. The normalized spacial score (nSPS) is 20.7. The zero-order valence-corrected chi connectivity index (χ0v) is 35.5. The Bertz CT molecular complexity index is 882. The first-order valence-corrected chi connectivity index (χ1v) is 25.4. The molecule has 0 aromatic rings. The summed E-state index contributed by atoms with van der Waals surface area (Å²) in [5.74, 6) is 8.45. The van der Waals surface area contributed by atoms with Gasteiger partial charge in [0.15, 0.2) is 5.78 Å². The summed E-state index contributed by atoms with van der Waals surface area (Å²) in [7, 11) is -3.61. The molecule has 1 rings (SSSR count). The van der Waals surface area contributed by atoms with Gasteiger partial charge >= 0.3 is 0 Å². The number of hydrogen-bond acceptors (Lipinski definition) is 1. The molecule has 1 aliphatic rings. The standard InChI is InChI=1S/C43H80OSi2/c1-13-19-29-45(30-20-14-2,31-21-15-3)35-27-42(37-40(7,8)9)25-26-43(39(42)44,38-41(10,11)12)28-36-46(32-22-16-4,33-23-17-5)34-24-18-6/h13-26,29-34,37-38H2,1-12H3/t42-,43+. The molecule has 0 amide bonds. The fourth-order valence-corrected chi connectivity index (χ4v) is 17.7. The fraction of sp³-hybridized carbons (Fsp3) is 0.884. The summed E-state index contributed by atoms with van der Waals surface area (Å²) < 4.78 is 0. The first-order chi connectivity index (χ1) is 21.6. The number of carbonyl (C=O) groups excluding carboxylic acids is 1. The van der Waals surface area contributed by atoms with Gasteiger partial charge in [-0.15, -0.1) is 11.1 Å². The highest BCUT2D eigenvalue weighted by atomic mass is 28.3. The second kappa shape index (κ2) is 20.0. The molecule has 1 aliphatic carbocycles. The number of carbonyl (C=O) groups is 1.